The number of rotatable bonds is 3. The van der Waals surface area contributed by atoms with E-state index in [0.29, 0.717) is 17.5 Å². The van der Waals surface area contributed by atoms with Crippen LogP contribution in [-0.2, 0) is 0 Å². The summed E-state index contributed by atoms with van der Waals surface area (Å²) in [5.74, 6) is 1.87. The predicted octanol–water partition coefficient (Wildman–Crippen LogP) is 11.4. The molecule has 0 N–H and O–H groups in total. The molecule has 4 nitrogen and oxygen atoms in total. The molecule has 0 aliphatic heterocycles. The lowest BCUT2D eigenvalue weighted by Gasteiger charge is -2.12. The maximum Gasteiger partial charge on any atom is 0.164 e. The Morgan fingerprint density at radius 3 is 1.72 bits per heavy atom. The summed E-state index contributed by atoms with van der Waals surface area (Å²) in [6.07, 6.45) is 0. The Kier molecular flexibility index (Phi) is 5.54. The van der Waals surface area contributed by atoms with Crippen LogP contribution in [0.1, 0.15) is 0 Å². The molecule has 0 atom stereocenters. The third-order valence-electron chi connectivity index (χ3n) is 9.25. The van der Waals surface area contributed by atoms with Crippen molar-refractivity contribution in [1.29, 1.82) is 0 Å². The van der Waals surface area contributed by atoms with Crippen molar-refractivity contribution in [2.24, 2.45) is 0 Å². The highest BCUT2D eigenvalue weighted by Gasteiger charge is 2.22. The molecule has 0 unspecified atom stereocenters. The Balaban J connectivity index is 1.36. The molecule has 0 aliphatic rings. The second-order valence-corrected chi connectivity index (χ2v) is 12.0. The van der Waals surface area contributed by atoms with Crippen molar-refractivity contribution in [3.8, 4) is 34.2 Å². The predicted molar refractivity (Wildman–Crippen MR) is 193 cm³/mol. The first-order chi connectivity index (χ1) is 23.3. The molecule has 0 amide bonds. The molecule has 0 bridgehead atoms. The van der Waals surface area contributed by atoms with Crippen molar-refractivity contribution in [1.82, 2.24) is 15.0 Å². The second kappa shape index (κ2) is 10.1. The summed E-state index contributed by atoms with van der Waals surface area (Å²) in [5.41, 5.74) is 4.47. The fourth-order valence-electron chi connectivity index (χ4n) is 7.04. The highest BCUT2D eigenvalue weighted by atomic mass is 16.3. The molecule has 0 fully saturated rings. The van der Waals surface area contributed by atoms with Crippen molar-refractivity contribution in [3.05, 3.63) is 152 Å². The molecule has 0 saturated heterocycles. The SMILES string of the molecule is c1ccc(-c2nc(-c3ccc4ccccc4c3)nc(-c3cc4ccc5ccccc5c4c4oc5ccc6ccccc6c5c34)n2)cc1. The van der Waals surface area contributed by atoms with Crippen LogP contribution in [-0.4, -0.2) is 15.0 Å². The Labute approximate surface area is 269 Å². The number of furan rings is 1. The molecule has 10 rings (SSSR count). The first-order valence-electron chi connectivity index (χ1n) is 15.8. The lowest BCUT2D eigenvalue weighted by molar-refractivity contribution is 0.673. The molecule has 4 heteroatoms. The molecule has 10 aromatic rings. The van der Waals surface area contributed by atoms with E-state index in [1.807, 2.05) is 30.3 Å². The first kappa shape index (κ1) is 25.9. The van der Waals surface area contributed by atoms with Gasteiger partial charge >= 0.3 is 0 Å². The monoisotopic (exact) mass is 599 g/mol. The fourth-order valence-corrected chi connectivity index (χ4v) is 7.04. The lowest BCUT2D eigenvalue weighted by atomic mass is 9.94. The summed E-state index contributed by atoms with van der Waals surface area (Å²) in [5, 5.41) is 11.2. The zero-order valence-electron chi connectivity index (χ0n) is 25.2. The number of fused-ring (bicyclic) bond motifs is 10. The topological polar surface area (TPSA) is 51.8 Å². The van der Waals surface area contributed by atoms with E-state index in [0.717, 1.165) is 70.9 Å². The van der Waals surface area contributed by atoms with Gasteiger partial charge in [0, 0.05) is 32.8 Å². The van der Waals surface area contributed by atoms with Crippen LogP contribution >= 0.6 is 0 Å². The Bertz CT molecular complexity index is 2850. The third-order valence-corrected chi connectivity index (χ3v) is 9.25. The fraction of sp³-hybridized carbons (Fsp3) is 0. The molecule has 2 heterocycles. The van der Waals surface area contributed by atoms with E-state index in [4.69, 9.17) is 19.4 Å². The average Bonchev–Trinajstić information content (AvgIpc) is 3.54. The third kappa shape index (κ3) is 4.05. The number of benzene rings is 8. The number of hydrogen-bond donors (Lipinski definition) is 0. The van der Waals surface area contributed by atoms with Gasteiger partial charge in [-0.05, 0) is 55.9 Å². The Hall–Kier alpha value is -6.39. The van der Waals surface area contributed by atoms with Gasteiger partial charge < -0.3 is 4.42 Å². The maximum absolute atomic E-state index is 6.85. The first-order valence-corrected chi connectivity index (χ1v) is 15.8. The minimum Gasteiger partial charge on any atom is -0.455 e. The van der Waals surface area contributed by atoms with E-state index in [9.17, 15) is 0 Å². The molecule has 0 radical (unpaired) electrons. The Morgan fingerprint density at radius 2 is 0.936 bits per heavy atom. The quantitative estimate of drug-likeness (QED) is 0.190. The van der Waals surface area contributed by atoms with Gasteiger partial charge in [0.25, 0.3) is 0 Å². The number of nitrogens with zero attached hydrogens (tertiary/aromatic N) is 3. The molecule has 0 spiro atoms. The summed E-state index contributed by atoms with van der Waals surface area (Å²) < 4.78 is 6.85. The lowest BCUT2D eigenvalue weighted by Crippen LogP contribution is -2.00. The van der Waals surface area contributed by atoms with Crippen LogP contribution in [0.5, 0.6) is 0 Å². The van der Waals surface area contributed by atoms with Gasteiger partial charge in [-0.2, -0.15) is 0 Å². The second-order valence-electron chi connectivity index (χ2n) is 12.0. The number of hydrogen-bond acceptors (Lipinski definition) is 4. The van der Waals surface area contributed by atoms with E-state index in [1.165, 1.54) is 10.8 Å². The van der Waals surface area contributed by atoms with Gasteiger partial charge in [-0.25, -0.2) is 15.0 Å². The van der Waals surface area contributed by atoms with Crippen molar-refractivity contribution >= 4 is 65.0 Å². The van der Waals surface area contributed by atoms with Gasteiger partial charge in [-0.1, -0.05) is 133 Å². The van der Waals surface area contributed by atoms with Crippen LogP contribution < -0.4 is 0 Å². The summed E-state index contributed by atoms with van der Waals surface area (Å²) >= 11 is 0. The molecular formula is C43H25N3O. The van der Waals surface area contributed by atoms with E-state index in [-0.39, 0.29) is 0 Å². The number of aromatic nitrogens is 3. The van der Waals surface area contributed by atoms with Gasteiger partial charge in [0.05, 0.1) is 0 Å². The van der Waals surface area contributed by atoms with Gasteiger partial charge in [0.2, 0.25) is 0 Å². The minimum absolute atomic E-state index is 0.609. The van der Waals surface area contributed by atoms with E-state index < -0.39 is 0 Å². The normalized spacial score (nSPS) is 11.8. The summed E-state index contributed by atoms with van der Waals surface area (Å²) in [4.78, 5) is 15.5. The average molecular weight is 600 g/mol. The van der Waals surface area contributed by atoms with Crippen LogP contribution in [0.3, 0.4) is 0 Å². The largest absolute Gasteiger partial charge is 0.455 e. The molecular weight excluding hydrogens is 574 g/mol. The standard InChI is InChI=1S/C43H25N3O/c1-2-13-29(14-3-1)41-44-42(32-21-18-26-10-4-5-15-30(26)24-32)46-43(45-41)35-25-31-20-19-27-11-6-8-16-33(27)37(31)40-39(35)38-34-17-9-7-12-28(34)22-23-36(38)47-40/h1-25H. The zero-order valence-corrected chi connectivity index (χ0v) is 25.2. The van der Waals surface area contributed by atoms with Gasteiger partial charge in [0.15, 0.2) is 17.5 Å². The molecule has 0 aliphatic carbocycles. The van der Waals surface area contributed by atoms with E-state index in [2.05, 4.69) is 121 Å². The van der Waals surface area contributed by atoms with Gasteiger partial charge in [0.1, 0.15) is 11.2 Å². The molecule has 8 aromatic carbocycles. The summed E-state index contributed by atoms with van der Waals surface area (Å²) in [7, 11) is 0. The summed E-state index contributed by atoms with van der Waals surface area (Å²) in [6, 6.07) is 52.7. The van der Waals surface area contributed by atoms with Crippen LogP contribution in [0, 0.1) is 0 Å². The molecule has 47 heavy (non-hydrogen) atoms. The van der Waals surface area contributed by atoms with Gasteiger partial charge in [-0.3, -0.25) is 0 Å². The van der Waals surface area contributed by atoms with Gasteiger partial charge in [-0.15, -0.1) is 0 Å². The van der Waals surface area contributed by atoms with Crippen LogP contribution in [0.4, 0.5) is 0 Å². The smallest absolute Gasteiger partial charge is 0.164 e. The minimum atomic E-state index is 0.609. The van der Waals surface area contributed by atoms with Crippen molar-refractivity contribution in [3.63, 3.8) is 0 Å². The van der Waals surface area contributed by atoms with Crippen LogP contribution in [0.25, 0.3) is 99.2 Å². The molecule has 218 valence electrons. The maximum atomic E-state index is 6.85. The van der Waals surface area contributed by atoms with Crippen molar-refractivity contribution in [2.45, 2.75) is 0 Å². The van der Waals surface area contributed by atoms with Crippen molar-refractivity contribution in [2.75, 3.05) is 0 Å². The van der Waals surface area contributed by atoms with E-state index in [1.54, 1.807) is 0 Å². The van der Waals surface area contributed by atoms with E-state index >= 15 is 0 Å². The molecule has 0 saturated carbocycles. The highest BCUT2D eigenvalue weighted by molar-refractivity contribution is 6.30. The Morgan fingerprint density at radius 1 is 0.362 bits per heavy atom. The molecule has 2 aromatic heterocycles. The highest BCUT2D eigenvalue weighted by Crippen LogP contribution is 2.45. The summed E-state index contributed by atoms with van der Waals surface area (Å²) in [6.45, 7) is 0. The zero-order chi connectivity index (χ0) is 30.9. The van der Waals surface area contributed by atoms with Crippen LogP contribution in [0.15, 0.2) is 156 Å². The van der Waals surface area contributed by atoms with Crippen molar-refractivity contribution < 1.29 is 4.42 Å². The van der Waals surface area contributed by atoms with Crippen LogP contribution in [0.2, 0.25) is 0 Å².